The predicted molar refractivity (Wildman–Crippen MR) is 150 cm³/mol. The number of carboxylic acids is 2. The van der Waals surface area contributed by atoms with E-state index in [9.17, 15) is 14.4 Å². The molecule has 11 heteroatoms. The number of nitrogens with one attached hydrogen (secondary N) is 1. The van der Waals surface area contributed by atoms with Crippen LogP contribution in [0.15, 0.2) is 71.3 Å². The number of rotatable bonds is 10. The quantitative estimate of drug-likeness (QED) is 0.311. The molecule has 3 N–H and O–H groups in total. The van der Waals surface area contributed by atoms with E-state index in [1.165, 1.54) is 5.56 Å². The van der Waals surface area contributed by atoms with E-state index in [0.29, 0.717) is 30.2 Å². The highest BCUT2D eigenvalue weighted by molar-refractivity contribution is 5.90. The fourth-order valence-corrected chi connectivity index (χ4v) is 4.12. The zero-order valence-electron chi connectivity index (χ0n) is 22.3. The molecule has 2 heterocycles. The van der Waals surface area contributed by atoms with Crippen molar-refractivity contribution in [2.45, 2.75) is 25.8 Å². The van der Waals surface area contributed by atoms with Gasteiger partial charge in [0.05, 0.1) is 11.6 Å². The molecule has 0 spiro atoms. The van der Waals surface area contributed by atoms with E-state index < -0.39 is 11.9 Å². The molecule has 0 radical (unpaired) electrons. The van der Waals surface area contributed by atoms with Crippen LogP contribution in [-0.4, -0.2) is 62.7 Å². The van der Waals surface area contributed by atoms with E-state index in [1.807, 2.05) is 18.2 Å². The summed E-state index contributed by atoms with van der Waals surface area (Å²) in [6.07, 6.45) is 7.80. The Hall–Kier alpha value is -5.08. The molecular formula is C30H31N5O6. The van der Waals surface area contributed by atoms with Crippen molar-refractivity contribution < 1.29 is 29.1 Å². The minimum absolute atomic E-state index is 0.0344. The smallest absolute Gasteiger partial charge is 0.328 e. The van der Waals surface area contributed by atoms with Crippen molar-refractivity contribution in [1.29, 1.82) is 5.26 Å². The van der Waals surface area contributed by atoms with Crippen LogP contribution in [0.3, 0.4) is 0 Å². The standard InChI is InChI=1S/C26H27N5O2.C4H4O4/c27-18-22-8-6-20(7-9-22)10-11-24-29-25(30-33-24)26(32)28-15-12-21-13-16-31(17-14-21)19-23-4-2-1-3-5-23;5-3(6)1-2-4(7)8/h1-11,21H,12-17,19H2,(H,28,32);1-2H,(H,5,6)(H,7,8). The first-order valence-corrected chi connectivity index (χ1v) is 13.0. The first kappa shape index (κ1) is 30.5. The Kier molecular flexibility index (Phi) is 12.0. The first-order valence-electron chi connectivity index (χ1n) is 13.0. The van der Waals surface area contributed by atoms with Gasteiger partial charge in [0.15, 0.2) is 0 Å². The van der Waals surface area contributed by atoms with Crippen LogP contribution in [0.5, 0.6) is 0 Å². The van der Waals surface area contributed by atoms with Crippen molar-refractivity contribution in [2.75, 3.05) is 19.6 Å². The fraction of sp³-hybridized carbons (Fsp3) is 0.267. The van der Waals surface area contributed by atoms with Gasteiger partial charge in [0.1, 0.15) is 0 Å². The maximum absolute atomic E-state index is 12.3. The molecule has 41 heavy (non-hydrogen) atoms. The van der Waals surface area contributed by atoms with Gasteiger partial charge >= 0.3 is 11.9 Å². The van der Waals surface area contributed by atoms with Gasteiger partial charge in [0.2, 0.25) is 0 Å². The highest BCUT2D eigenvalue weighted by Gasteiger charge is 2.20. The zero-order valence-corrected chi connectivity index (χ0v) is 22.3. The van der Waals surface area contributed by atoms with E-state index in [1.54, 1.807) is 24.3 Å². The van der Waals surface area contributed by atoms with Crippen LogP contribution in [0.25, 0.3) is 12.2 Å². The second kappa shape index (κ2) is 16.1. The molecule has 0 atom stereocenters. The zero-order chi connectivity index (χ0) is 29.5. The second-order valence-electron chi connectivity index (χ2n) is 9.28. The van der Waals surface area contributed by atoms with Crippen molar-refractivity contribution in [3.8, 4) is 6.07 Å². The maximum atomic E-state index is 12.3. The molecule has 1 aliphatic heterocycles. The number of aliphatic carboxylic acids is 2. The number of nitriles is 1. The number of nitrogens with zero attached hydrogens (tertiary/aromatic N) is 4. The molecule has 1 amide bonds. The number of carboxylic acid groups (broad SMARTS) is 2. The van der Waals surface area contributed by atoms with E-state index in [2.05, 4.69) is 50.7 Å². The van der Waals surface area contributed by atoms with Gasteiger partial charge in [-0.15, -0.1) is 0 Å². The SMILES string of the molecule is N#Cc1ccc(C=Cc2nc(C(=O)NCCC3CCN(Cc4ccccc4)CC3)no2)cc1.O=C(O)C=CC(=O)O. The third-order valence-electron chi connectivity index (χ3n) is 6.27. The van der Waals surface area contributed by atoms with Crippen molar-refractivity contribution >= 4 is 30.0 Å². The van der Waals surface area contributed by atoms with Crippen molar-refractivity contribution in [3.05, 3.63) is 95.2 Å². The number of carbonyl (C=O) groups excluding carboxylic acids is 1. The summed E-state index contributed by atoms with van der Waals surface area (Å²) >= 11 is 0. The largest absolute Gasteiger partial charge is 0.478 e. The third-order valence-corrected chi connectivity index (χ3v) is 6.27. The average Bonchev–Trinajstić information content (AvgIpc) is 3.46. The predicted octanol–water partition coefficient (Wildman–Crippen LogP) is 3.86. The lowest BCUT2D eigenvalue weighted by molar-refractivity contribution is -0.134. The van der Waals surface area contributed by atoms with Gasteiger partial charge in [-0.25, -0.2) is 9.59 Å². The van der Waals surface area contributed by atoms with Gasteiger partial charge in [-0.05, 0) is 67.6 Å². The fourth-order valence-electron chi connectivity index (χ4n) is 4.12. The Morgan fingerprint density at radius 1 is 1.00 bits per heavy atom. The van der Waals surface area contributed by atoms with Crippen LogP contribution < -0.4 is 5.32 Å². The lowest BCUT2D eigenvalue weighted by Gasteiger charge is -2.32. The van der Waals surface area contributed by atoms with Gasteiger partial charge in [0, 0.05) is 31.3 Å². The maximum Gasteiger partial charge on any atom is 0.328 e. The minimum atomic E-state index is -1.26. The molecule has 3 aromatic rings. The summed E-state index contributed by atoms with van der Waals surface area (Å²) in [5.74, 6) is -1.92. The number of aromatic nitrogens is 2. The van der Waals surface area contributed by atoms with Gasteiger partial charge in [0.25, 0.3) is 17.6 Å². The average molecular weight is 558 g/mol. The molecule has 1 fully saturated rings. The summed E-state index contributed by atoms with van der Waals surface area (Å²) < 4.78 is 5.14. The van der Waals surface area contributed by atoms with E-state index in [0.717, 1.165) is 44.5 Å². The summed E-state index contributed by atoms with van der Waals surface area (Å²) in [5, 5.41) is 31.1. The van der Waals surface area contributed by atoms with Crippen LogP contribution in [0.2, 0.25) is 0 Å². The number of piperidine rings is 1. The number of hydrogen-bond acceptors (Lipinski definition) is 8. The van der Waals surface area contributed by atoms with E-state index in [-0.39, 0.29) is 17.6 Å². The molecule has 0 aliphatic carbocycles. The summed E-state index contributed by atoms with van der Waals surface area (Å²) in [6, 6.07) is 19.8. The third kappa shape index (κ3) is 11.3. The van der Waals surface area contributed by atoms with Crippen molar-refractivity contribution in [1.82, 2.24) is 20.4 Å². The Labute approximate surface area is 237 Å². The molecule has 212 valence electrons. The van der Waals surface area contributed by atoms with Crippen LogP contribution in [0, 0.1) is 17.2 Å². The number of amides is 1. The van der Waals surface area contributed by atoms with Crippen LogP contribution in [0.4, 0.5) is 0 Å². The Morgan fingerprint density at radius 2 is 1.66 bits per heavy atom. The Morgan fingerprint density at radius 3 is 2.27 bits per heavy atom. The monoisotopic (exact) mass is 557 g/mol. The number of carbonyl (C=O) groups is 3. The number of hydrogen-bond donors (Lipinski definition) is 3. The molecular weight excluding hydrogens is 526 g/mol. The van der Waals surface area contributed by atoms with Gasteiger partial charge in [-0.2, -0.15) is 10.2 Å². The topological polar surface area (TPSA) is 170 Å². The molecule has 1 aliphatic rings. The van der Waals surface area contributed by atoms with Gasteiger partial charge < -0.3 is 20.1 Å². The Balaban J connectivity index is 0.000000507. The van der Waals surface area contributed by atoms with E-state index in [4.69, 9.17) is 20.0 Å². The van der Waals surface area contributed by atoms with Crippen molar-refractivity contribution in [3.63, 3.8) is 0 Å². The van der Waals surface area contributed by atoms with Crippen LogP contribution >= 0.6 is 0 Å². The molecule has 0 unspecified atom stereocenters. The van der Waals surface area contributed by atoms with Gasteiger partial charge in [-0.1, -0.05) is 47.6 Å². The normalized spacial score (nSPS) is 13.8. The molecule has 0 saturated carbocycles. The number of likely N-dealkylation sites (tertiary alicyclic amines) is 1. The first-order chi connectivity index (χ1) is 19.8. The van der Waals surface area contributed by atoms with Crippen LogP contribution in [0.1, 0.15) is 52.5 Å². The Bertz CT molecular complexity index is 1370. The van der Waals surface area contributed by atoms with Crippen LogP contribution in [-0.2, 0) is 16.1 Å². The van der Waals surface area contributed by atoms with Gasteiger partial charge in [-0.3, -0.25) is 9.69 Å². The molecule has 2 aromatic carbocycles. The highest BCUT2D eigenvalue weighted by Crippen LogP contribution is 2.21. The molecule has 4 rings (SSSR count). The lowest BCUT2D eigenvalue weighted by atomic mass is 9.93. The summed E-state index contributed by atoms with van der Waals surface area (Å²) in [7, 11) is 0. The second-order valence-corrected chi connectivity index (χ2v) is 9.28. The van der Waals surface area contributed by atoms with E-state index >= 15 is 0 Å². The summed E-state index contributed by atoms with van der Waals surface area (Å²) in [4.78, 5) is 38.1. The molecule has 11 nitrogen and oxygen atoms in total. The molecule has 1 aromatic heterocycles. The lowest BCUT2D eigenvalue weighted by Crippen LogP contribution is -2.35. The summed E-state index contributed by atoms with van der Waals surface area (Å²) in [6.45, 7) is 3.79. The number of benzene rings is 2. The van der Waals surface area contributed by atoms with Crippen molar-refractivity contribution in [2.24, 2.45) is 5.92 Å². The minimum Gasteiger partial charge on any atom is -0.478 e. The molecule has 0 bridgehead atoms. The highest BCUT2D eigenvalue weighted by atomic mass is 16.5. The summed E-state index contributed by atoms with van der Waals surface area (Å²) in [5.41, 5.74) is 2.85. The molecule has 1 saturated heterocycles.